The molecule has 0 saturated carbocycles. The number of nitrogens with two attached hydrogens (primary N) is 2. The Bertz CT molecular complexity index is 49.0. The minimum atomic E-state index is 0.633. The average Bonchev–Trinajstić information content (AvgIpc) is 2.12. The maximum absolute atomic E-state index is 5.20. The van der Waals surface area contributed by atoms with Crippen molar-refractivity contribution >= 4 is 11.8 Å². The Morgan fingerprint density at radius 3 is 2.08 bits per heavy atom. The number of hydrogen-bond acceptors (Lipinski definition) is 4. The first-order valence-corrected chi connectivity index (χ1v) is 5.69. The molecular formula is C8H22N2OS. The van der Waals surface area contributed by atoms with Gasteiger partial charge in [0.05, 0.1) is 6.61 Å². The second kappa shape index (κ2) is 17.4. The third kappa shape index (κ3) is 22.5. The molecule has 0 radical (unpaired) electrons. The summed E-state index contributed by atoms with van der Waals surface area (Å²) >= 11 is 1.85. The molecule has 4 N–H and O–H groups in total. The van der Waals surface area contributed by atoms with Gasteiger partial charge >= 0.3 is 0 Å². The molecule has 0 aliphatic rings. The van der Waals surface area contributed by atoms with Crippen LogP contribution in [0.3, 0.4) is 0 Å². The highest BCUT2D eigenvalue weighted by Gasteiger charge is 1.75. The molecule has 0 fully saturated rings. The van der Waals surface area contributed by atoms with Crippen molar-refractivity contribution in [2.45, 2.75) is 13.3 Å². The van der Waals surface area contributed by atoms with Crippen LogP contribution >= 0.6 is 11.8 Å². The van der Waals surface area contributed by atoms with E-state index in [2.05, 4.69) is 6.26 Å². The minimum Gasteiger partial charge on any atom is -0.380 e. The summed E-state index contributed by atoms with van der Waals surface area (Å²) in [5.74, 6) is 1.20. The van der Waals surface area contributed by atoms with E-state index in [1.807, 2.05) is 18.7 Å². The van der Waals surface area contributed by atoms with Crippen LogP contribution < -0.4 is 11.5 Å². The minimum absolute atomic E-state index is 0.633. The van der Waals surface area contributed by atoms with Gasteiger partial charge in [-0.05, 0) is 31.9 Å². The Morgan fingerprint density at radius 1 is 1.25 bits per heavy atom. The lowest BCUT2D eigenvalue weighted by atomic mass is 10.5. The van der Waals surface area contributed by atoms with Gasteiger partial charge in [-0.15, -0.1) is 0 Å². The average molecular weight is 194 g/mol. The van der Waals surface area contributed by atoms with E-state index in [9.17, 15) is 0 Å². The molecule has 0 aromatic carbocycles. The first kappa shape index (κ1) is 14.7. The van der Waals surface area contributed by atoms with Gasteiger partial charge in [0.25, 0.3) is 0 Å². The fourth-order valence-electron chi connectivity index (χ4n) is 0.455. The van der Waals surface area contributed by atoms with Crippen LogP contribution in [-0.2, 0) is 4.74 Å². The Morgan fingerprint density at radius 2 is 1.92 bits per heavy atom. The number of rotatable bonds is 6. The maximum Gasteiger partial charge on any atom is 0.0588 e. The number of thioether (sulfide) groups is 1. The fraction of sp³-hybridized carbons (Fsp3) is 1.00. The summed E-state index contributed by atoms with van der Waals surface area (Å²) in [6.07, 6.45) is 3.25. The second-order valence-corrected chi connectivity index (χ2v) is 3.11. The maximum atomic E-state index is 5.20. The molecule has 0 atom stereocenters. The van der Waals surface area contributed by atoms with Crippen molar-refractivity contribution in [3.05, 3.63) is 0 Å². The van der Waals surface area contributed by atoms with Crippen molar-refractivity contribution in [2.75, 3.05) is 38.3 Å². The van der Waals surface area contributed by atoms with Crippen LogP contribution in [0.1, 0.15) is 13.3 Å². The van der Waals surface area contributed by atoms with Gasteiger partial charge in [0, 0.05) is 13.2 Å². The normalized spacial score (nSPS) is 9.00. The van der Waals surface area contributed by atoms with Crippen LogP contribution in [0.2, 0.25) is 0 Å². The lowest BCUT2D eigenvalue weighted by Crippen LogP contribution is -2.07. The predicted octanol–water partition coefficient (Wildman–Crippen LogP) is 0.680. The van der Waals surface area contributed by atoms with E-state index in [1.54, 1.807) is 0 Å². The summed E-state index contributed by atoms with van der Waals surface area (Å²) in [5, 5.41) is 0. The largest absolute Gasteiger partial charge is 0.380 e. The zero-order chi connectivity index (χ0) is 9.66. The van der Waals surface area contributed by atoms with Gasteiger partial charge in [-0.2, -0.15) is 11.8 Å². The molecule has 0 bridgehead atoms. The van der Waals surface area contributed by atoms with Crippen LogP contribution in [-0.4, -0.2) is 38.3 Å². The number of hydrogen-bond donors (Lipinski definition) is 2. The summed E-state index contributed by atoms with van der Waals surface area (Å²) in [6.45, 7) is 4.89. The second-order valence-electron chi connectivity index (χ2n) is 2.12. The fourth-order valence-corrected chi connectivity index (χ4v) is 0.911. The van der Waals surface area contributed by atoms with Crippen LogP contribution in [0.15, 0.2) is 0 Å². The summed E-state index contributed by atoms with van der Waals surface area (Å²) < 4.78 is 4.86. The molecule has 12 heavy (non-hydrogen) atoms. The smallest absolute Gasteiger partial charge is 0.0588 e. The SMILES string of the molecule is CCOCCN.CSCCCN. The van der Waals surface area contributed by atoms with Gasteiger partial charge in [0.1, 0.15) is 0 Å². The molecule has 0 aromatic rings. The van der Waals surface area contributed by atoms with E-state index in [1.165, 1.54) is 5.75 Å². The highest BCUT2D eigenvalue weighted by atomic mass is 32.2. The molecule has 0 unspecified atom stereocenters. The quantitative estimate of drug-likeness (QED) is 0.610. The topological polar surface area (TPSA) is 61.3 Å². The highest BCUT2D eigenvalue weighted by Crippen LogP contribution is 1.91. The molecule has 0 heterocycles. The first-order chi connectivity index (χ1) is 5.83. The molecule has 0 amide bonds. The molecule has 3 nitrogen and oxygen atoms in total. The summed E-state index contributed by atoms with van der Waals surface area (Å²) in [5.41, 5.74) is 10.3. The van der Waals surface area contributed by atoms with Crippen LogP contribution in [0.5, 0.6) is 0 Å². The van der Waals surface area contributed by atoms with Gasteiger partial charge in [0.2, 0.25) is 0 Å². The van der Waals surface area contributed by atoms with E-state index in [0.717, 1.165) is 19.6 Å². The van der Waals surface area contributed by atoms with Gasteiger partial charge in [-0.3, -0.25) is 0 Å². The zero-order valence-electron chi connectivity index (χ0n) is 8.21. The van der Waals surface area contributed by atoms with Crippen molar-refractivity contribution < 1.29 is 4.74 Å². The first-order valence-electron chi connectivity index (χ1n) is 4.30. The molecule has 0 aromatic heterocycles. The molecule has 4 heteroatoms. The van der Waals surface area contributed by atoms with Crippen molar-refractivity contribution in [3.8, 4) is 0 Å². The van der Waals surface area contributed by atoms with E-state index in [-0.39, 0.29) is 0 Å². The molecule has 0 aliphatic heterocycles. The van der Waals surface area contributed by atoms with E-state index < -0.39 is 0 Å². The monoisotopic (exact) mass is 194 g/mol. The predicted molar refractivity (Wildman–Crippen MR) is 57.6 cm³/mol. The van der Waals surface area contributed by atoms with Gasteiger partial charge in [-0.1, -0.05) is 0 Å². The van der Waals surface area contributed by atoms with Crippen LogP contribution in [0.4, 0.5) is 0 Å². The number of ether oxygens (including phenoxy) is 1. The Labute approximate surface area is 80.2 Å². The van der Waals surface area contributed by atoms with Crippen LogP contribution in [0, 0.1) is 0 Å². The molecule has 0 rings (SSSR count). The van der Waals surface area contributed by atoms with E-state index in [4.69, 9.17) is 16.2 Å². The molecule has 0 saturated heterocycles. The summed E-state index contributed by atoms with van der Waals surface area (Å²) in [4.78, 5) is 0. The van der Waals surface area contributed by atoms with Gasteiger partial charge < -0.3 is 16.2 Å². The van der Waals surface area contributed by atoms with Crippen molar-refractivity contribution in [1.29, 1.82) is 0 Å². The third-order valence-corrected chi connectivity index (χ3v) is 1.72. The highest BCUT2D eigenvalue weighted by molar-refractivity contribution is 7.98. The molecule has 76 valence electrons. The third-order valence-electron chi connectivity index (χ3n) is 1.02. The molecule has 0 spiro atoms. The zero-order valence-corrected chi connectivity index (χ0v) is 9.03. The Kier molecular flexibility index (Phi) is 21.3. The molecule has 0 aliphatic carbocycles. The van der Waals surface area contributed by atoms with Gasteiger partial charge in [0.15, 0.2) is 0 Å². The van der Waals surface area contributed by atoms with E-state index >= 15 is 0 Å². The van der Waals surface area contributed by atoms with Crippen molar-refractivity contribution in [2.24, 2.45) is 11.5 Å². The van der Waals surface area contributed by atoms with Crippen molar-refractivity contribution in [1.82, 2.24) is 0 Å². The Balaban J connectivity index is 0. The molecular weight excluding hydrogens is 172 g/mol. The van der Waals surface area contributed by atoms with Crippen molar-refractivity contribution in [3.63, 3.8) is 0 Å². The lowest BCUT2D eigenvalue weighted by Gasteiger charge is -1.91. The van der Waals surface area contributed by atoms with Gasteiger partial charge in [-0.25, -0.2) is 0 Å². The summed E-state index contributed by atoms with van der Waals surface area (Å²) in [7, 11) is 0. The summed E-state index contributed by atoms with van der Waals surface area (Å²) in [6, 6.07) is 0. The van der Waals surface area contributed by atoms with Crippen LogP contribution in [0.25, 0.3) is 0 Å². The standard InChI is InChI=1S/C4H11NO.C4H11NS/c1-2-6-4-3-5;1-6-4-2-3-5/h2*2-5H2,1H3. The Hall–Kier alpha value is 0.230. The lowest BCUT2D eigenvalue weighted by molar-refractivity contribution is 0.155. The van der Waals surface area contributed by atoms with E-state index in [0.29, 0.717) is 13.2 Å².